The highest BCUT2D eigenvalue weighted by atomic mass is 35.5. The highest BCUT2D eigenvalue weighted by molar-refractivity contribution is 6.16. The largest absolute Gasteiger partial charge is 0.354 e. The van der Waals surface area contributed by atoms with Crippen molar-refractivity contribution in [1.29, 1.82) is 0 Å². The van der Waals surface area contributed by atoms with Gasteiger partial charge in [-0.25, -0.2) is 4.98 Å². The number of carbonyl (C=O) groups excluding carboxylic acids is 1. The second-order valence-corrected chi connectivity index (χ2v) is 5.24. The van der Waals surface area contributed by atoms with Crippen LogP contribution in [-0.4, -0.2) is 22.0 Å². The fourth-order valence-corrected chi connectivity index (χ4v) is 2.94. The number of halogens is 1. The summed E-state index contributed by atoms with van der Waals surface area (Å²) in [5, 5.41) is 2.92. The number of aryl methyl sites for hydroxylation is 1. The second-order valence-electron chi connectivity index (χ2n) is 4.97. The molecule has 1 unspecified atom stereocenters. The van der Waals surface area contributed by atoms with Crippen molar-refractivity contribution in [3.05, 3.63) is 29.6 Å². The third-order valence-electron chi connectivity index (χ3n) is 3.72. The molecule has 4 nitrogen and oxygen atoms in total. The van der Waals surface area contributed by atoms with E-state index in [-0.39, 0.29) is 11.9 Å². The topological polar surface area (TPSA) is 46.9 Å². The summed E-state index contributed by atoms with van der Waals surface area (Å²) >= 11 is 6.03. The molecule has 0 spiro atoms. The van der Waals surface area contributed by atoms with Crippen LogP contribution in [0.2, 0.25) is 0 Å². The van der Waals surface area contributed by atoms with Gasteiger partial charge in [-0.15, -0.1) is 11.6 Å². The van der Waals surface area contributed by atoms with E-state index >= 15 is 0 Å². The van der Waals surface area contributed by atoms with Gasteiger partial charge in [0.2, 0.25) is 5.91 Å². The molecule has 2 aromatic rings. The number of para-hydroxylation sites is 1. The van der Waals surface area contributed by atoms with Crippen molar-refractivity contribution >= 4 is 28.5 Å². The molecule has 3 rings (SSSR count). The van der Waals surface area contributed by atoms with Crippen LogP contribution in [0.25, 0.3) is 11.0 Å². The van der Waals surface area contributed by atoms with E-state index < -0.39 is 0 Å². The number of amides is 1. The van der Waals surface area contributed by atoms with Gasteiger partial charge in [-0.3, -0.25) is 4.79 Å². The molecular formula is C14H16ClN3O. The van der Waals surface area contributed by atoms with Gasteiger partial charge in [0.05, 0.1) is 23.0 Å². The predicted octanol–water partition coefficient (Wildman–Crippen LogP) is 2.53. The van der Waals surface area contributed by atoms with Gasteiger partial charge in [-0.05, 0) is 25.0 Å². The molecule has 1 saturated heterocycles. The van der Waals surface area contributed by atoms with E-state index in [4.69, 9.17) is 11.6 Å². The van der Waals surface area contributed by atoms with Gasteiger partial charge < -0.3 is 9.88 Å². The van der Waals surface area contributed by atoms with Gasteiger partial charge >= 0.3 is 0 Å². The number of rotatable bonds is 2. The van der Waals surface area contributed by atoms with Gasteiger partial charge in [0.1, 0.15) is 5.82 Å². The van der Waals surface area contributed by atoms with Gasteiger partial charge in [0.15, 0.2) is 0 Å². The third kappa shape index (κ3) is 2.10. The minimum atomic E-state index is 0.129. The summed E-state index contributed by atoms with van der Waals surface area (Å²) in [6.07, 6.45) is 1.41. The Kier molecular flexibility index (Phi) is 3.19. The van der Waals surface area contributed by atoms with Crippen molar-refractivity contribution in [3.8, 4) is 0 Å². The second kappa shape index (κ2) is 4.85. The first-order valence-electron chi connectivity index (χ1n) is 6.50. The Labute approximate surface area is 116 Å². The number of fused-ring (bicyclic) bond motifs is 1. The van der Waals surface area contributed by atoms with E-state index in [1.54, 1.807) is 0 Å². The van der Waals surface area contributed by atoms with Crippen LogP contribution in [0.5, 0.6) is 0 Å². The van der Waals surface area contributed by atoms with Crippen LogP contribution in [0.3, 0.4) is 0 Å². The lowest BCUT2D eigenvalue weighted by Crippen LogP contribution is -2.36. The number of nitrogens with zero attached hydrogens (tertiary/aromatic N) is 2. The van der Waals surface area contributed by atoms with Crippen molar-refractivity contribution in [1.82, 2.24) is 14.9 Å². The van der Waals surface area contributed by atoms with Crippen LogP contribution >= 0.6 is 11.6 Å². The maximum absolute atomic E-state index is 11.3. The van der Waals surface area contributed by atoms with Crippen LogP contribution in [0.4, 0.5) is 0 Å². The van der Waals surface area contributed by atoms with Crippen LogP contribution in [0, 0.1) is 6.92 Å². The molecule has 1 aromatic carbocycles. The molecular weight excluding hydrogens is 262 g/mol. The minimum absolute atomic E-state index is 0.129. The Balaban J connectivity index is 2.11. The number of aromatic nitrogens is 2. The lowest BCUT2D eigenvalue weighted by Gasteiger charge is -2.25. The quantitative estimate of drug-likeness (QED) is 0.858. The van der Waals surface area contributed by atoms with Crippen molar-refractivity contribution in [2.45, 2.75) is 31.7 Å². The lowest BCUT2D eigenvalue weighted by atomic mass is 10.1. The number of carbonyl (C=O) groups is 1. The zero-order valence-electron chi connectivity index (χ0n) is 10.8. The van der Waals surface area contributed by atoms with Crippen LogP contribution < -0.4 is 5.32 Å². The number of benzene rings is 1. The smallest absolute Gasteiger partial charge is 0.220 e. The first kappa shape index (κ1) is 12.5. The molecule has 19 heavy (non-hydrogen) atoms. The average molecular weight is 278 g/mol. The number of imidazole rings is 1. The standard InChI is InChI=1S/C14H16ClN3O/c1-9-3-2-4-11-14(9)17-12(7-15)18(11)10-5-6-13(19)16-8-10/h2-4,10H,5-8H2,1H3,(H,16,19). The molecule has 0 saturated carbocycles. The Morgan fingerprint density at radius 2 is 2.37 bits per heavy atom. The summed E-state index contributed by atoms with van der Waals surface area (Å²) in [7, 11) is 0. The van der Waals surface area contributed by atoms with Crippen molar-refractivity contribution < 1.29 is 4.79 Å². The van der Waals surface area contributed by atoms with Gasteiger partial charge in [-0.2, -0.15) is 0 Å². The van der Waals surface area contributed by atoms with Gasteiger partial charge in [0, 0.05) is 13.0 Å². The molecule has 5 heteroatoms. The summed E-state index contributed by atoms with van der Waals surface area (Å²) in [6, 6.07) is 6.41. The highest BCUT2D eigenvalue weighted by Gasteiger charge is 2.23. The van der Waals surface area contributed by atoms with Crippen LogP contribution in [0.1, 0.15) is 30.3 Å². The summed E-state index contributed by atoms with van der Waals surface area (Å²) in [5.41, 5.74) is 3.27. The summed E-state index contributed by atoms with van der Waals surface area (Å²) < 4.78 is 2.19. The predicted molar refractivity (Wildman–Crippen MR) is 75.3 cm³/mol. The Hall–Kier alpha value is -1.55. The number of hydrogen-bond donors (Lipinski definition) is 1. The molecule has 100 valence electrons. The van der Waals surface area contributed by atoms with Crippen LogP contribution in [0.15, 0.2) is 18.2 Å². The molecule has 1 aliphatic rings. The lowest BCUT2D eigenvalue weighted by molar-refractivity contribution is -0.122. The van der Waals surface area contributed by atoms with Crippen molar-refractivity contribution in [2.75, 3.05) is 6.54 Å². The van der Waals surface area contributed by atoms with E-state index in [0.717, 1.165) is 28.8 Å². The number of hydrogen-bond acceptors (Lipinski definition) is 2. The molecule has 0 radical (unpaired) electrons. The van der Waals surface area contributed by atoms with Crippen molar-refractivity contribution in [2.24, 2.45) is 0 Å². The van der Waals surface area contributed by atoms with Crippen LogP contribution in [-0.2, 0) is 10.7 Å². The molecule has 1 aromatic heterocycles. The SMILES string of the molecule is Cc1cccc2c1nc(CCl)n2C1CCC(=O)NC1. The molecule has 1 amide bonds. The molecule has 2 heterocycles. The van der Waals surface area contributed by atoms with Gasteiger partial charge in [-0.1, -0.05) is 12.1 Å². The summed E-state index contributed by atoms with van der Waals surface area (Å²) in [6.45, 7) is 2.71. The van der Waals surface area contributed by atoms with E-state index in [1.807, 2.05) is 6.07 Å². The fourth-order valence-electron chi connectivity index (χ4n) is 2.75. The Bertz CT molecular complexity index is 625. The first-order chi connectivity index (χ1) is 9.20. The molecule has 0 bridgehead atoms. The summed E-state index contributed by atoms with van der Waals surface area (Å²) in [4.78, 5) is 15.9. The molecule has 1 atom stereocenters. The maximum atomic E-state index is 11.3. The monoisotopic (exact) mass is 277 g/mol. The van der Waals surface area contributed by atoms with Gasteiger partial charge in [0.25, 0.3) is 0 Å². The van der Waals surface area contributed by atoms with E-state index in [2.05, 4.69) is 33.9 Å². The van der Waals surface area contributed by atoms with E-state index in [9.17, 15) is 4.79 Å². The average Bonchev–Trinajstić information content (AvgIpc) is 2.80. The first-order valence-corrected chi connectivity index (χ1v) is 7.03. The zero-order valence-corrected chi connectivity index (χ0v) is 11.6. The number of nitrogens with one attached hydrogen (secondary N) is 1. The Morgan fingerprint density at radius 3 is 3.05 bits per heavy atom. The zero-order chi connectivity index (χ0) is 13.4. The van der Waals surface area contributed by atoms with E-state index in [0.29, 0.717) is 18.8 Å². The van der Waals surface area contributed by atoms with E-state index in [1.165, 1.54) is 0 Å². The third-order valence-corrected chi connectivity index (χ3v) is 3.96. The number of piperidine rings is 1. The highest BCUT2D eigenvalue weighted by Crippen LogP contribution is 2.28. The summed E-state index contributed by atoms with van der Waals surface area (Å²) in [5.74, 6) is 1.40. The molecule has 1 N–H and O–H groups in total. The Morgan fingerprint density at radius 1 is 1.53 bits per heavy atom. The number of alkyl halides is 1. The minimum Gasteiger partial charge on any atom is -0.354 e. The maximum Gasteiger partial charge on any atom is 0.220 e. The normalized spacial score (nSPS) is 19.7. The fraction of sp³-hybridized carbons (Fsp3) is 0.429. The van der Waals surface area contributed by atoms with Crippen molar-refractivity contribution in [3.63, 3.8) is 0 Å². The molecule has 0 aliphatic carbocycles. The molecule has 1 fully saturated rings. The molecule has 1 aliphatic heterocycles.